The van der Waals surface area contributed by atoms with Crippen LogP contribution in [0.4, 0.5) is 0 Å². The standard InChI is InChI=1S/C11H20N2O2/c1-8(2)5-6-13-7-9(14)12-11(3,4)10(13)15/h8H,5-7H2,1-4H3,(H,12,14). The number of rotatable bonds is 3. The molecule has 1 heterocycles. The summed E-state index contributed by atoms with van der Waals surface area (Å²) in [7, 11) is 0. The molecule has 0 aromatic carbocycles. The first kappa shape index (κ1) is 12.0. The van der Waals surface area contributed by atoms with Crippen molar-refractivity contribution in [1.82, 2.24) is 10.2 Å². The van der Waals surface area contributed by atoms with E-state index >= 15 is 0 Å². The van der Waals surface area contributed by atoms with Gasteiger partial charge < -0.3 is 10.2 Å². The van der Waals surface area contributed by atoms with E-state index in [1.165, 1.54) is 0 Å². The molecule has 0 spiro atoms. The van der Waals surface area contributed by atoms with Gasteiger partial charge in [-0.15, -0.1) is 0 Å². The highest BCUT2D eigenvalue weighted by Gasteiger charge is 2.38. The van der Waals surface area contributed by atoms with E-state index in [1.807, 2.05) is 0 Å². The van der Waals surface area contributed by atoms with Crippen LogP contribution in [0.25, 0.3) is 0 Å². The van der Waals surface area contributed by atoms with Crippen molar-refractivity contribution in [3.05, 3.63) is 0 Å². The molecule has 1 N–H and O–H groups in total. The molecule has 1 rings (SSSR count). The van der Waals surface area contributed by atoms with Gasteiger partial charge in [-0.05, 0) is 26.2 Å². The van der Waals surface area contributed by atoms with Crippen molar-refractivity contribution in [3.63, 3.8) is 0 Å². The molecule has 0 unspecified atom stereocenters. The number of hydrogen-bond donors (Lipinski definition) is 1. The fourth-order valence-electron chi connectivity index (χ4n) is 1.68. The Bertz CT molecular complexity index is 272. The summed E-state index contributed by atoms with van der Waals surface area (Å²) in [5.74, 6) is 0.497. The maximum absolute atomic E-state index is 11.9. The summed E-state index contributed by atoms with van der Waals surface area (Å²) in [6.07, 6.45) is 0.940. The summed E-state index contributed by atoms with van der Waals surface area (Å²) in [6.45, 7) is 8.59. The number of nitrogens with one attached hydrogen (secondary N) is 1. The molecule has 15 heavy (non-hydrogen) atoms. The van der Waals surface area contributed by atoms with Crippen LogP contribution in [-0.4, -0.2) is 35.3 Å². The Hall–Kier alpha value is -1.06. The maximum atomic E-state index is 11.9. The largest absolute Gasteiger partial charge is 0.341 e. The minimum absolute atomic E-state index is 0.0164. The quantitative estimate of drug-likeness (QED) is 0.751. The Morgan fingerprint density at radius 3 is 2.53 bits per heavy atom. The van der Waals surface area contributed by atoms with E-state index in [0.717, 1.165) is 6.42 Å². The Labute approximate surface area is 91.0 Å². The lowest BCUT2D eigenvalue weighted by atomic mass is 9.99. The monoisotopic (exact) mass is 212 g/mol. The average molecular weight is 212 g/mol. The van der Waals surface area contributed by atoms with Crippen molar-refractivity contribution < 1.29 is 9.59 Å². The van der Waals surface area contributed by atoms with Gasteiger partial charge >= 0.3 is 0 Å². The Morgan fingerprint density at radius 2 is 2.00 bits per heavy atom. The third kappa shape index (κ3) is 2.94. The Kier molecular flexibility index (Phi) is 3.37. The second-order valence-corrected chi connectivity index (χ2v) is 5.08. The first-order valence-corrected chi connectivity index (χ1v) is 5.43. The molecule has 0 aromatic rings. The summed E-state index contributed by atoms with van der Waals surface area (Å²) in [5.41, 5.74) is -0.744. The summed E-state index contributed by atoms with van der Waals surface area (Å²) in [6, 6.07) is 0. The van der Waals surface area contributed by atoms with Crippen LogP contribution in [0.15, 0.2) is 0 Å². The van der Waals surface area contributed by atoms with Crippen LogP contribution in [-0.2, 0) is 9.59 Å². The third-order valence-electron chi connectivity index (χ3n) is 2.58. The van der Waals surface area contributed by atoms with Crippen molar-refractivity contribution in [1.29, 1.82) is 0 Å². The van der Waals surface area contributed by atoms with Gasteiger partial charge in [0.15, 0.2) is 0 Å². The molecule has 1 fully saturated rings. The number of carbonyl (C=O) groups excluding carboxylic acids is 2. The smallest absolute Gasteiger partial charge is 0.248 e. The van der Waals surface area contributed by atoms with Crippen molar-refractivity contribution in [2.75, 3.05) is 13.1 Å². The van der Waals surface area contributed by atoms with Crippen molar-refractivity contribution in [3.8, 4) is 0 Å². The Balaban J connectivity index is 2.63. The number of amides is 2. The maximum Gasteiger partial charge on any atom is 0.248 e. The van der Waals surface area contributed by atoms with Crippen LogP contribution < -0.4 is 5.32 Å². The molecule has 0 atom stereocenters. The fraction of sp³-hybridized carbons (Fsp3) is 0.818. The first-order valence-electron chi connectivity index (χ1n) is 5.43. The van der Waals surface area contributed by atoms with Crippen LogP contribution in [0.5, 0.6) is 0 Å². The molecule has 1 saturated heterocycles. The number of nitrogens with zero attached hydrogens (tertiary/aromatic N) is 1. The van der Waals surface area contributed by atoms with E-state index in [2.05, 4.69) is 19.2 Å². The summed E-state index contributed by atoms with van der Waals surface area (Å²) >= 11 is 0. The molecule has 2 amide bonds. The molecule has 0 radical (unpaired) electrons. The zero-order valence-corrected chi connectivity index (χ0v) is 9.96. The lowest BCUT2D eigenvalue weighted by Gasteiger charge is -2.37. The third-order valence-corrected chi connectivity index (χ3v) is 2.58. The number of carbonyl (C=O) groups is 2. The van der Waals surface area contributed by atoms with E-state index < -0.39 is 5.54 Å². The van der Waals surface area contributed by atoms with Gasteiger partial charge in [0.05, 0.1) is 6.54 Å². The van der Waals surface area contributed by atoms with E-state index in [1.54, 1.807) is 18.7 Å². The van der Waals surface area contributed by atoms with Gasteiger partial charge in [0.1, 0.15) is 5.54 Å². The summed E-state index contributed by atoms with van der Waals surface area (Å²) in [4.78, 5) is 24.9. The van der Waals surface area contributed by atoms with E-state index in [4.69, 9.17) is 0 Å². The van der Waals surface area contributed by atoms with Gasteiger partial charge in [-0.1, -0.05) is 13.8 Å². The van der Waals surface area contributed by atoms with Gasteiger partial charge in [-0.25, -0.2) is 0 Å². The number of hydrogen-bond acceptors (Lipinski definition) is 2. The molecule has 4 nitrogen and oxygen atoms in total. The highest BCUT2D eigenvalue weighted by atomic mass is 16.2. The lowest BCUT2D eigenvalue weighted by molar-refractivity contribution is -0.148. The highest BCUT2D eigenvalue weighted by Crippen LogP contribution is 2.14. The molecule has 1 aliphatic rings. The van der Waals surface area contributed by atoms with Gasteiger partial charge in [-0.3, -0.25) is 9.59 Å². The van der Waals surface area contributed by atoms with Crippen LogP contribution >= 0.6 is 0 Å². The van der Waals surface area contributed by atoms with E-state index in [0.29, 0.717) is 12.5 Å². The van der Waals surface area contributed by atoms with E-state index in [-0.39, 0.29) is 18.4 Å². The second kappa shape index (κ2) is 4.21. The topological polar surface area (TPSA) is 49.4 Å². The Morgan fingerprint density at radius 1 is 1.40 bits per heavy atom. The number of piperazine rings is 1. The molecule has 0 saturated carbocycles. The molecule has 0 aliphatic carbocycles. The van der Waals surface area contributed by atoms with Crippen LogP contribution in [0.2, 0.25) is 0 Å². The van der Waals surface area contributed by atoms with E-state index in [9.17, 15) is 9.59 Å². The molecule has 1 aliphatic heterocycles. The van der Waals surface area contributed by atoms with Crippen LogP contribution in [0.1, 0.15) is 34.1 Å². The van der Waals surface area contributed by atoms with Gasteiger partial charge in [0.25, 0.3) is 0 Å². The molecule has 4 heteroatoms. The van der Waals surface area contributed by atoms with Gasteiger partial charge in [0, 0.05) is 6.54 Å². The molecule has 86 valence electrons. The zero-order chi connectivity index (χ0) is 11.6. The van der Waals surface area contributed by atoms with Crippen LogP contribution in [0, 0.1) is 5.92 Å². The molecular weight excluding hydrogens is 192 g/mol. The normalized spacial score (nSPS) is 20.7. The molecular formula is C11H20N2O2. The predicted molar refractivity (Wildman–Crippen MR) is 58.3 cm³/mol. The zero-order valence-electron chi connectivity index (χ0n) is 9.96. The predicted octanol–water partition coefficient (Wildman–Crippen LogP) is 0.769. The first-order chi connectivity index (χ1) is 6.83. The summed E-state index contributed by atoms with van der Waals surface area (Å²) < 4.78 is 0. The minimum Gasteiger partial charge on any atom is -0.341 e. The second-order valence-electron chi connectivity index (χ2n) is 5.08. The summed E-state index contributed by atoms with van der Waals surface area (Å²) in [5, 5.41) is 2.69. The molecule has 0 bridgehead atoms. The van der Waals surface area contributed by atoms with Crippen molar-refractivity contribution in [2.24, 2.45) is 5.92 Å². The lowest BCUT2D eigenvalue weighted by Crippen LogP contribution is -2.63. The average Bonchev–Trinajstić information content (AvgIpc) is 2.08. The fourth-order valence-corrected chi connectivity index (χ4v) is 1.68. The van der Waals surface area contributed by atoms with Crippen molar-refractivity contribution >= 4 is 11.8 Å². The van der Waals surface area contributed by atoms with Crippen molar-refractivity contribution in [2.45, 2.75) is 39.7 Å². The van der Waals surface area contributed by atoms with Gasteiger partial charge in [0.2, 0.25) is 11.8 Å². The highest BCUT2D eigenvalue weighted by molar-refractivity contribution is 5.97. The molecule has 0 aromatic heterocycles. The SMILES string of the molecule is CC(C)CCN1CC(=O)NC(C)(C)C1=O. The van der Waals surface area contributed by atoms with Crippen LogP contribution in [0.3, 0.4) is 0 Å². The van der Waals surface area contributed by atoms with Gasteiger partial charge in [-0.2, -0.15) is 0 Å². The minimum atomic E-state index is -0.744.